The number of piperazine rings is 1. The van der Waals surface area contributed by atoms with Crippen LogP contribution in [-0.2, 0) is 9.59 Å². The van der Waals surface area contributed by atoms with Crippen molar-refractivity contribution in [2.24, 2.45) is 0 Å². The summed E-state index contributed by atoms with van der Waals surface area (Å²) in [5.41, 5.74) is 0. The molecule has 1 N–H and O–H groups in total. The van der Waals surface area contributed by atoms with Gasteiger partial charge in [-0.2, -0.15) is 0 Å². The van der Waals surface area contributed by atoms with Gasteiger partial charge in [-0.3, -0.25) is 14.5 Å². The van der Waals surface area contributed by atoms with Crippen LogP contribution in [0.25, 0.3) is 0 Å². The quantitative estimate of drug-likeness (QED) is 0.717. The number of likely N-dealkylation sites (N-methyl/N-ethyl adjacent to an activating group) is 1. The summed E-state index contributed by atoms with van der Waals surface area (Å²) in [4.78, 5) is 29.1. The predicted molar refractivity (Wildman–Crippen MR) is 75.5 cm³/mol. The summed E-state index contributed by atoms with van der Waals surface area (Å²) < 4.78 is 0. The Morgan fingerprint density at radius 1 is 1.15 bits per heavy atom. The van der Waals surface area contributed by atoms with Crippen LogP contribution in [0.3, 0.4) is 0 Å². The third kappa shape index (κ3) is 4.45. The summed E-state index contributed by atoms with van der Waals surface area (Å²) in [6, 6.07) is 0.490. The molecule has 6 nitrogen and oxygen atoms in total. The summed E-state index contributed by atoms with van der Waals surface area (Å²) in [5.74, 6) is -0.500. The third-order valence-electron chi connectivity index (χ3n) is 4.11. The Bertz CT molecular complexity index is 350. The van der Waals surface area contributed by atoms with Crippen molar-refractivity contribution in [3.05, 3.63) is 0 Å². The van der Waals surface area contributed by atoms with Crippen molar-refractivity contribution < 1.29 is 14.7 Å². The third-order valence-corrected chi connectivity index (χ3v) is 4.11. The van der Waals surface area contributed by atoms with E-state index in [1.165, 1.54) is 0 Å². The van der Waals surface area contributed by atoms with Crippen LogP contribution in [0, 0.1) is 0 Å². The van der Waals surface area contributed by atoms with E-state index >= 15 is 0 Å². The molecule has 0 bridgehead atoms. The van der Waals surface area contributed by atoms with Crippen molar-refractivity contribution in [1.82, 2.24) is 14.7 Å². The number of nitrogens with zero attached hydrogens (tertiary/aromatic N) is 3. The summed E-state index contributed by atoms with van der Waals surface area (Å²) in [7, 11) is 0. The Morgan fingerprint density at radius 3 is 2.25 bits per heavy atom. The first kappa shape index (κ1) is 15.3. The zero-order chi connectivity index (χ0) is 14.5. The minimum Gasteiger partial charge on any atom is -0.481 e. The maximum absolute atomic E-state index is 12.2. The van der Waals surface area contributed by atoms with Gasteiger partial charge in [0.15, 0.2) is 0 Å². The second-order valence-corrected chi connectivity index (χ2v) is 5.67. The first-order valence-electron chi connectivity index (χ1n) is 7.56. The fraction of sp³-hybridized carbons (Fsp3) is 0.857. The summed E-state index contributed by atoms with van der Waals surface area (Å²) >= 11 is 0. The van der Waals surface area contributed by atoms with Crippen LogP contribution < -0.4 is 0 Å². The lowest BCUT2D eigenvalue weighted by Crippen LogP contribution is -2.50. The number of carboxylic acids is 1. The lowest BCUT2D eigenvalue weighted by Gasteiger charge is -2.35. The topological polar surface area (TPSA) is 64.1 Å². The molecule has 0 aromatic rings. The molecule has 1 aliphatic heterocycles. The van der Waals surface area contributed by atoms with Crippen LogP contribution in [0.15, 0.2) is 0 Å². The second-order valence-electron chi connectivity index (χ2n) is 5.67. The van der Waals surface area contributed by atoms with Crippen molar-refractivity contribution in [2.75, 3.05) is 45.8 Å². The predicted octanol–water partition coefficient (Wildman–Crippen LogP) is 0.0896. The average Bonchev–Trinajstić information content (AvgIpc) is 3.23. The first-order chi connectivity index (χ1) is 9.60. The Labute approximate surface area is 120 Å². The SMILES string of the molecule is CCN(C(=O)CN1CCN(CCC(=O)O)CC1)C1CC1. The molecule has 20 heavy (non-hydrogen) atoms. The lowest BCUT2D eigenvalue weighted by atomic mass is 10.2. The number of hydrogen-bond acceptors (Lipinski definition) is 4. The standard InChI is InChI=1S/C14H25N3O3/c1-2-17(12-3-4-12)13(18)11-16-9-7-15(8-10-16)6-5-14(19)20/h12H,2-11H2,1H3,(H,19,20). The minimum atomic E-state index is -0.745. The monoisotopic (exact) mass is 283 g/mol. The summed E-state index contributed by atoms with van der Waals surface area (Å²) in [6.07, 6.45) is 2.51. The highest BCUT2D eigenvalue weighted by Gasteiger charge is 2.32. The van der Waals surface area contributed by atoms with Crippen molar-refractivity contribution in [1.29, 1.82) is 0 Å². The minimum absolute atomic E-state index is 0.199. The van der Waals surface area contributed by atoms with Gasteiger partial charge in [-0.25, -0.2) is 0 Å². The van der Waals surface area contributed by atoms with Crippen molar-refractivity contribution in [3.8, 4) is 0 Å². The zero-order valence-electron chi connectivity index (χ0n) is 12.3. The number of hydrogen-bond donors (Lipinski definition) is 1. The largest absolute Gasteiger partial charge is 0.481 e. The lowest BCUT2D eigenvalue weighted by molar-refractivity contribution is -0.137. The Balaban J connectivity index is 1.68. The molecule has 0 radical (unpaired) electrons. The molecule has 1 heterocycles. The van der Waals surface area contributed by atoms with Crippen LogP contribution in [0.4, 0.5) is 0 Å². The Hall–Kier alpha value is -1.14. The number of aliphatic carboxylic acids is 1. The van der Waals surface area contributed by atoms with Gasteiger partial charge in [-0.1, -0.05) is 0 Å². The second kappa shape index (κ2) is 7.04. The molecule has 114 valence electrons. The zero-order valence-corrected chi connectivity index (χ0v) is 12.3. The van der Waals surface area contributed by atoms with Gasteiger partial charge in [0, 0.05) is 45.3 Å². The highest BCUT2D eigenvalue weighted by atomic mass is 16.4. The summed E-state index contributed by atoms with van der Waals surface area (Å²) in [5, 5.41) is 8.67. The maximum atomic E-state index is 12.2. The smallest absolute Gasteiger partial charge is 0.304 e. The molecule has 1 amide bonds. The molecule has 2 rings (SSSR count). The fourth-order valence-corrected chi connectivity index (χ4v) is 2.73. The molecule has 0 unspecified atom stereocenters. The fourth-order valence-electron chi connectivity index (χ4n) is 2.73. The van der Waals surface area contributed by atoms with E-state index in [0.717, 1.165) is 45.6 Å². The number of amides is 1. The normalized spacial score (nSPS) is 20.9. The summed E-state index contributed by atoms with van der Waals surface area (Å²) in [6.45, 7) is 7.40. The molecule has 1 saturated carbocycles. The molecule has 2 aliphatic rings. The molecule has 2 fully saturated rings. The van der Waals surface area contributed by atoms with E-state index < -0.39 is 5.97 Å². The van der Waals surface area contributed by atoms with E-state index in [-0.39, 0.29) is 12.3 Å². The number of carbonyl (C=O) groups is 2. The van der Waals surface area contributed by atoms with Gasteiger partial charge in [0.2, 0.25) is 5.91 Å². The molecule has 6 heteroatoms. The van der Waals surface area contributed by atoms with Gasteiger partial charge in [-0.05, 0) is 19.8 Å². The van der Waals surface area contributed by atoms with E-state index in [4.69, 9.17) is 5.11 Å². The molecule has 0 aromatic heterocycles. The van der Waals surface area contributed by atoms with E-state index in [0.29, 0.717) is 19.1 Å². The highest BCUT2D eigenvalue weighted by molar-refractivity contribution is 5.79. The van der Waals surface area contributed by atoms with E-state index in [2.05, 4.69) is 9.80 Å². The molecular weight excluding hydrogens is 258 g/mol. The van der Waals surface area contributed by atoms with Crippen molar-refractivity contribution >= 4 is 11.9 Å². The number of carbonyl (C=O) groups excluding carboxylic acids is 1. The average molecular weight is 283 g/mol. The Kier molecular flexibility index (Phi) is 5.37. The van der Waals surface area contributed by atoms with E-state index in [1.807, 2.05) is 11.8 Å². The maximum Gasteiger partial charge on any atom is 0.304 e. The van der Waals surface area contributed by atoms with Crippen molar-refractivity contribution in [3.63, 3.8) is 0 Å². The van der Waals surface area contributed by atoms with Crippen LogP contribution in [0.2, 0.25) is 0 Å². The Morgan fingerprint density at radius 2 is 1.75 bits per heavy atom. The molecule has 1 saturated heterocycles. The van der Waals surface area contributed by atoms with E-state index in [9.17, 15) is 9.59 Å². The van der Waals surface area contributed by atoms with Crippen LogP contribution in [-0.4, -0.2) is 83.5 Å². The number of carboxylic acid groups (broad SMARTS) is 1. The van der Waals surface area contributed by atoms with Gasteiger partial charge >= 0.3 is 5.97 Å². The molecule has 0 spiro atoms. The van der Waals surface area contributed by atoms with Crippen molar-refractivity contribution in [2.45, 2.75) is 32.2 Å². The first-order valence-corrected chi connectivity index (χ1v) is 7.56. The van der Waals surface area contributed by atoms with Gasteiger partial charge in [-0.15, -0.1) is 0 Å². The van der Waals surface area contributed by atoms with Gasteiger partial charge < -0.3 is 14.9 Å². The highest BCUT2D eigenvalue weighted by Crippen LogP contribution is 2.26. The van der Waals surface area contributed by atoms with Crippen LogP contribution in [0.5, 0.6) is 0 Å². The van der Waals surface area contributed by atoms with Crippen LogP contribution in [0.1, 0.15) is 26.2 Å². The molecule has 0 aromatic carbocycles. The molecular formula is C14H25N3O3. The van der Waals surface area contributed by atoms with Gasteiger partial charge in [0.25, 0.3) is 0 Å². The van der Waals surface area contributed by atoms with Crippen LogP contribution >= 0.6 is 0 Å². The van der Waals surface area contributed by atoms with Gasteiger partial charge in [0.1, 0.15) is 0 Å². The number of rotatable bonds is 7. The molecule has 0 atom stereocenters. The van der Waals surface area contributed by atoms with Gasteiger partial charge in [0.05, 0.1) is 13.0 Å². The molecule has 1 aliphatic carbocycles. The van der Waals surface area contributed by atoms with E-state index in [1.54, 1.807) is 0 Å².